The molecule has 0 aromatic rings. The summed E-state index contributed by atoms with van der Waals surface area (Å²) >= 11 is 3.48. The van der Waals surface area contributed by atoms with E-state index >= 15 is 0 Å². The Bertz CT molecular complexity index is 109. The van der Waals surface area contributed by atoms with Crippen molar-refractivity contribution >= 4 is 15.9 Å². The third-order valence-corrected chi connectivity index (χ3v) is 4.05. The minimum Gasteiger partial charge on any atom is -0.0928 e. The summed E-state index contributed by atoms with van der Waals surface area (Å²) in [5, 5.41) is 1.19. The van der Waals surface area contributed by atoms with E-state index in [1.807, 2.05) is 0 Å². The first-order valence-corrected chi connectivity index (χ1v) is 9.10. The van der Waals surface area contributed by atoms with Crippen LogP contribution < -0.4 is 0 Å². The lowest BCUT2D eigenvalue weighted by molar-refractivity contribution is 0.538. The van der Waals surface area contributed by atoms with Gasteiger partial charge < -0.3 is 0 Å². The van der Waals surface area contributed by atoms with E-state index in [1.54, 1.807) is 0 Å². The molecule has 0 heterocycles. The molecule has 0 radical (unpaired) electrons. The number of hydrogen-bond donors (Lipinski definition) is 0. The Kier molecular flexibility index (Phi) is 22.9. The zero-order valence-electron chi connectivity index (χ0n) is 12.0. The molecule has 0 spiro atoms. The van der Waals surface area contributed by atoms with Gasteiger partial charge in [0.05, 0.1) is 0 Å². The molecule has 18 heavy (non-hydrogen) atoms. The van der Waals surface area contributed by atoms with Crippen molar-refractivity contribution in [2.75, 3.05) is 5.33 Å². The van der Waals surface area contributed by atoms with Crippen LogP contribution in [-0.2, 0) is 0 Å². The number of hydrogen-bond acceptors (Lipinski definition) is 0. The molecule has 0 amide bonds. The lowest BCUT2D eigenvalue weighted by Crippen LogP contribution is -1.83. The molecule has 0 unspecified atom stereocenters. The molecule has 0 rings (SSSR count). The maximum atomic E-state index is 3.48. The molecule has 0 aromatic heterocycles. The molecule has 0 saturated heterocycles. The molecule has 0 saturated carbocycles. The van der Waals surface area contributed by atoms with Gasteiger partial charge in [-0.25, -0.2) is 0 Å². The number of rotatable bonds is 14. The van der Waals surface area contributed by atoms with Crippen molar-refractivity contribution in [3.05, 3.63) is 0 Å². The lowest BCUT2D eigenvalue weighted by Gasteiger charge is -2.02. The highest BCUT2D eigenvalue weighted by atomic mass is 79.9. The summed E-state index contributed by atoms with van der Waals surface area (Å²) in [6, 6.07) is 0. The van der Waals surface area contributed by atoms with Gasteiger partial charge in [0.1, 0.15) is 0 Å². The van der Waals surface area contributed by atoms with Crippen LogP contribution in [0.25, 0.3) is 0 Å². The van der Waals surface area contributed by atoms with E-state index in [-0.39, 0.29) is 7.43 Å². The fourth-order valence-corrected chi connectivity index (χ4v) is 2.69. The molecule has 0 aliphatic carbocycles. The van der Waals surface area contributed by atoms with E-state index in [4.69, 9.17) is 0 Å². The van der Waals surface area contributed by atoms with E-state index in [9.17, 15) is 0 Å². The van der Waals surface area contributed by atoms with E-state index in [0.29, 0.717) is 0 Å². The largest absolute Gasteiger partial charge is 0.0928 e. The second-order valence-electron chi connectivity index (χ2n) is 5.29. The average Bonchev–Trinajstić information content (AvgIpc) is 2.35. The summed E-state index contributed by atoms with van der Waals surface area (Å²) in [5.41, 5.74) is 0. The van der Waals surface area contributed by atoms with Gasteiger partial charge in [0.2, 0.25) is 0 Å². The van der Waals surface area contributed by atoms with Crippen LogP contribution >= 0.6 is 15.9 Å². The van der Waals surface area contributed by atoms with E-state index in [0.717, 1.165) is 0 Å². The third-order valence-electron chi connectivity index (χ3n) is 3.49. The van der Waals surface area contributed by atoms with Gasteiger partial charge in [-0.05, 0) is 6.42 Å². The van der Waals surface area contributed by atoms with Crippen molar-refractivity contribution in [1.29, 1.82) is 0 Å². The monoisotopic (exact) mass is 320 g/mol. The normalized spacial score (nSPS) is 10.3. The molecular formula is C17H37Br. The zero-order chi connectivity index (χ0) is 12.6. The number of alkyl halides is 1. The molecule has 0 aliphatic rings. The van der Waals surface area contributed by atoms with Crippen LogP contribution in [0.3, 0.4) is 0 Å². The van der Waals surface area contributed by atoms with Gasteiger partial charge in [-0.1, -0.05) is 114 Å². The van der Waals surface area contributed by atoms with Crippen molar-refractivity contribution in [2.45, 2.75) is 104 Å². The van der Waals surface area contributed by atoms with Crippen LogP contribution in [0.15, 0.2) is 0 Å². The summed E-state index contributed by atoms with van der Waals surface area (Å²) in [6.45, 7) is 2.29. The Labute approximate surface area is 125 Å². The van der Waals surface area contributed by atoms with Crippen molar-refractivity contribution in [2.24, 2.45) is 0 Å². The topological polar surface area (TPSA) is 0 Å². The minimum atomic E-state index is 0. The van der Waals surface area contributed by atoms with Gasteiger partial charge in [0, 0.05) is 5.33 Å². The highest BCUT2D eigenvalue weighted by Gasteiger charge is 1.93. The second-order valence-corrected chi connectivity index (χ2v) is 6.08. The highest BCUT2D eigenvalue weighted by molar-refractivity contribution is 9.09. The lowest BCUT2D eigenvalue weighted by atomic mass is 10.0. The maximum Gasteiger partial charge on any atom is 0.00313 e. The third kappa shape index (κ3) is 18.8. The zero-order valence-corrected chi connectivity index (χ0v) is 13.6. The van der Waals surface area contributed by atoms with Crippen LogP contribution in [0.2, 0.25) is 0 Å². The van der Waals surface area contributed by atoms with Gasteiger partial charge in [-0.15, -0.1) is 0 Å². The van der Waals surface area contributed by atoms with Gasteiger partial charge in [-0.2, -0.15) is 0 Å². The molecule has 0 atom stereocenters. The van der Waals surface area contributed by atoms with E-state index in [1.165, 1.54) is 95.2 Å². The van der Waals surface area contributed by atoms with Crippen molar-refractivity contribution < 1.29 is 0 Å². The van der Waals surface area contributed by atoms with E-state index < -0.39 is 0 Å². The fraction of sp³-hybridized carbons (Fsp3) is 1.00. The molecule has 0 nitrogen and oxygen atoms in total. The molecule has 0 bridgehead atoms. The molecule has 0 N–H and O–H groups in total. The Balaban J connectivity index is 0. The minimum absolute atomic E-state index is 0. The van der Waals surface area contributed by atoms with Gasteiger partial charge in [-0.3, -0.25) is 0 Å². The SMILES string of the molecule is C.CCCCCCCCCCCCCCCCBr. The quantitative estimate of drug-likeness (QED) is 0.229. The first-order valence-electron chi connectivity index (χ1n) is 7.97. The van der Waals surface area contributed by atoms with Crippen molar-refractivity contribution in [3.63, 3.8) is 0 Å². The van der Waals surface area contributed by atoms with Crippen LogP contribution in [0.5, 0.6) is 0 Å². The summed E-state index contributed by atoms with van der Waals surface area (Å²) in [7, 11) is 0. The first kappa shape index (κ1) is 20.8. The molecule has 0 fully saturated rings. The Morgan fingerprint density at radius 2 is 0.778 bits per heavy atom. The van der Waals surface area contributed by atoms with Crippen LogP contribution in [0.4, 0.5) is 0 Å². The van der Waals surface area contributed by atoms with Gasteiger partial charge >= 0.3 is 0 Å². The summed E-state index contributed by atoms with van der Waals surface area (Å²) in [5.74, 6) is 0. The Hall–Kier alpha value is 0.480. The molecule has 1 heteroatoms. The Morgan fingerprint density at radius 3 is 1.06 bits per heavy atom. The van der Waals surface area contributed by atoms with Crippen molar-refractivity contribution in [3.8, 4) is 0 Å². The average molecular weight is 321 g/mol. The van der Waals surface area contributed by atoms with Gasteiger partial charge in [0.25, 0.3) is 0 Å². The molecular weight excluding hydrogens is 284 g/mol. The van der Waals surface area contributed by atoms with Crippen LogP contribution in [0, 0.1) is 0 Å². The van der Waals surface area contributed by atoms with Crippen molar-refractivity contribution in [1.82, 2.24) is 0 Å². The predicted molar refractivity (Wildman–Crippen MR) is 90.8 cm³/mol. The fourth-order valence-electron chi connectivity index (χ4n) is 2.29. The standard InChI is InChI=1S/C16H33Br.CH4/c1-2-3-4-5-6-7-8-9-10-11-12-13-14-15-16-17;/h2-16H2,1H3;1H4. The highest BCUT2D eigenvalue weighted by Crippen LogP contribution is 2.12. The first-order chi connectivity index (χ1) is 8.41. The molecule has 0 aliphatic heterocycles. The smallest absolute Gasteiger partial charge is 0.00313 e. The summed E-state index contributed by atoms with van der Waals surface area (Å²) in [6.07, 6.45) is 20.3. The van der Waals surface area contributed by atoms with Crippen LogP contribution in [-0.4, -0.2) is 5.33 Å². The molecule has 0 aromatic carbocycles. The molecule has 112 valence electrons. The Morgan fingerprint density at radius 1 is 0.500 bits per heavy atom. The number of halogens is 1. The van der Waals surface area contributed by atoms with Gasteiger partial charge in [0.15, 0.2) is 0 Å². The maximum absolute atomic E-state index is 3.48. The second kappa shape index (κ2) is 19.8. The predicted octanol–water partition coefficient (Wildman–Crippen LogP) is 7.50. The van der Waals surface area contributed by atoms with E-state index in [2.05, 4.69) is 22.9 Å². The van der Waals surface area contributed by atoms with Crippen LogP contribution in [0.1, 0.15) is 104 Å². The number of unbranched alkanes of at least 4 members (excludes halogenated alkanes) is 13. The summed E-state index contributed by atoms with van der Waals surface area (Å²) in [4.78, 5) is 0. The summed E-state index contributed by atoms with van der Waals surface area (Å²) < 4.78 is 0.